The van der Waals surface area contributed by atoms with E-state index in [-0.39, 0.29) is 5.75 Å². The summed E-state index contributed by atoms with van der Waals surface area (Å²) in [6.07, 6.45) is 0. The highest BCUT2D eigenvalue weighted by molar-refractivity contribution is 7.80. The number of nitrogens with zero attached hydrogens (tertiary/aromatic N) is 1. The second kappa shape index (κ2) is 4.87. The van der Waals surface area contributed by atoms with Crippen molar-refractivity contribution in [3.05, 3.63) is 0 Å². The number of thiol groups is 1. The maximum absolute atomic E-state index is 10.9. The fourth-order valence-electron chi connectivity index (χ4n) is 0.464. The van der Waals surface area contributed by atoms with Crippen molar-refractivity contribution in [1.82, 2.24) is 10.2 Å². The maximum Gasteiger partial charge on any atom is 0.327 e. The summed E-state index contributed by atoms with van der Waals surface area (Å²) in [6, 6.07) is -1.36. The number of aliphatic carboxylic acids is 1. The van der Waals surface area contributed by atoms with Crippen molar-refractivity contribution in [1.29, 1.82) is 0 Å². The Bertz CT molecular complexity index is 184. The van der Waals surface area contributed by atoms with E-state index in [0.29, 0.717) is 0 Å². The second-order valence-electron chi connectivity index (χ2n) is 2.42. The molecule has 5 nitrogen and oxygen atoms in total. The standard InChI is InChI=1S/C6H12N2O3S/c1-8(2)6(11)7-4(3-12)5(9)10/h4,12H,3H2,1-2H3,(H,7,11)(H,9,10)/t4-/m1/s1. The van der Waals surface area contributed by atoms with Gasteiger partial charge in [-0.25, -0.2) is 9.59 Å². The number of urea groups is 1. The molecule has 0 spiro atoms. The van der Waals surface area contributed by atoms with Gasteiger partial charge in [0.15, 0.2) is 0 Å². The van der Waals surface area contributed by atoms with Crippen LogP contribution < -0.4 is 5.32 Å². The van der Waals surface area contributed by atoms with E-state index in [2.05, 4.69) is 17.9 Å². The highest BCUT2D eigenvalue weighted by atomic mass is 32.1. The van der Waals surface area contributed by atoms with Crippen LogP contribution in [0.25, 0.3) is 0 Å². The predicted molar refractivity (Wildman–Crippen MR) is 47.5 cm³/mol. The summed E-state index contributed by atoms with van der Waals surface area (Å²) < 4.78 is 0. The second-order valence-corrected chi connectivity index (χ2v) is 2.78. The number of carboxylic acids is 1. The minimum Gasteiger partial charge on any atom is -0.480 e. The molecule has 0 saturated carbocycles. The Labute approximate surface area is 76.1 Å². The minimum atomic E-state index is -1.08. The lowest BCUT2D eigenvalue weighted by Gasteiger charge is -2.16. The van der Waals surface area contributed by atoms with E-state index >= 15 is 0 Å². The number of rotatable bonds is 3. The van der Waals surface area contributed by atoms with E-state index in [9.17, 15) is 9.59 Å². The zero-order chi connectivity index (χ0) is 9.72. The number of amides is 2. The van der Waals surface area contributed by atoms with E-state index in [1.807, 2.05) is 0 Å². The summed E-state index contributed by atoms with van der Waals surface area (Å²) in [6.45, 7) is 0. The molecule has 2 N–H and O–H groups in total. The van der Waals surface area contributed by atoms with E-state index < -0.39 is 18.0 Å². The van der Waals surface area contributed by atoms with Crippen LogP contribution in [-0.2, 0) is 4.79 Å². The number of carboxylic acid groups (broad SMARTS) is 1. The first-order valence-electron chi connectivity index (χ1n) is 3.30. The molecule has 0 aromatic rings. The number of carbonyl (C=O) groups is 2. The van der Waals surface area contributed by atoms with Crippen molar-refractivity contribution in [3.63, 3.8) is 0 Å². The molecular formula is C6H12N2O3S. The van der Waals surface area contributed by atoms with E-state index in [4.69, 9.17) is 5.11 Å². The minimum absolute atomic E-state index is 0.0783. The van der Waals surface area contributed by atoms with Gasteiger partial charge in [0.05, 0.1) is 0 Å². The van der Waals surface area contributed by atoms with E-state index in [1.165, 1.54) is 19.0 Å². The van der Waals surface area contributed by atoms with Gasteiger partial charge in [0.25, 0.3) is 0 Å². The van der Waals surface area contributed by atoms with Crippen LogP contribution in [0.4, 0.5) is 4.79 Å². The lowest BCUT2D eigenvalue weighted by molar-refractivity contribution is -0.138. The average Bonchev–Trinajstić information content (AvgIpc) is 1.98. The summed E-state index contributed by atoms with van der Waals surface area (Å²) in [5, 5.41) is 10.8. The lowest BCUT2D eigenvalue weighted by atomic mass is 10.3. The first-order chi connectivity index (χ1) is 5.49. The third-order valence-electron chi connectivity index (χ3n) is 1.18. The molecule has 0 bridgehead atoms. The van der Waals surface area contributed by atoms with Gasteiger partial charge < -0.3 is 15.3 Å². The van der Waals surface area contributed by atoms with Gasteiger partial charge in [0.1, 0.15) is 6.04 Å². The molecule has 0 aliphatic carbocycles. The van der Waals surface area contributed by atoms with Crippen LogP contribution in [-0.4, -0.2) is 47.9 Å². The zero-order valence-electron chi connectivity index (χ0n) is 6.94. The van der Waals surface area contributed by atoms with Gasteiger partial charge >= 0.3 is 12.0 Å². The average molecular weight is 192 g/mol. The van der Waals surface area contributed by atoms with Crippen LogP contribution in [0.2, 0.25) is 0 Å². The van der Waals surface area contributed by atoms with Crippen molar-refractivity contribution < 1.29 is 14.7 Å². The Hall–Kier alpha value is -0.910. The summed E-state index contributed by atoms with van der Waals surface area (Å²) in [5.74, 6) is -1.00. The SMILES string of the molecule is CN(C)C(=O)N[C@H](CS)C(=O)O. The van der Waals surface area contributed by atoms with Crippen LogP contribution in [0.5, 0.6) is 0 Å². The largest absolute Gasteiger partial charge is 0.480 e. The van der Waals surface area contributed by atoms with Crippen LogP contribution in [0.1, 0.15) is 0 Å². The van der Waals surface area contributed by atoms with Gasteiger partial charge in [-0.1, -0.05) is 0 Å². The smallest absolute Gasteiger partial charge is 0.327 e. The van der Waals surface area contributed by atoms with E-state index in [0.717, 1.165) is 0 Å². The molecule has 0 aliphatic heterocycles. The van der Waals surface area contributed by atoms with Crippen molar-refractivity contribution >= 4 is 24.6 Å². The number of hydrogen-bond acceptors (Lipinski definition) is 3. The quantitative estimate of drug-likeness (QED) is 0.535. The van der Waals surface area contributed by atoms with Crippen LogP contribution >= 0.6 is 12.6 Å². The normalized spacial score (nSPS) is 11.9. The topological polar surface area (TPSA) is 69.6 Å². The van der Waals surface area contributed by atoms with Gasteiger partial charge in [-0.05, 0) is 0 Å². The molecule has 12 heavy (non-hydrogen) atoms. The Balaban J connectivity index is 4.03. The van der Waals surface area contributed by atoms with Crippen molar-refractivity contribution in [2.75, 3.05) is 19.8 Å². The van der Waals surface area contributed by atoms with Gasteiger partial charge in [0.2, 0.25) is 0 Å². The van der Waals surface area contributed by atoms with Crippen molar-refractivity contribution in [2.24, 2.45) is 0 Å². The summed E-state index contributed by atoms with van der Waals surface area (Å²) in [4.78, 5) is 22.6. The third-order valence-corrected chi connectivity index (χ3v) is 1.55. The fourth-order valence-corrected chi connectivity index (χ4v) is 0.711. The Morgan fingerprint density at radius 3 is 2.33 bits per heavy atom. The highest BCUT2D eigenvalue weighted by Gasteiger charge is 2.18. The molecule has 0 unspecified atom stereocenters. The molecule has 1 atom stereocenters. The molecule has 0 aromatic heterocycles. The summed E-state index contributed by atoms with van der Waals surface area (Å²) >= 11 is 3.78. The zero-order valence-corrected chi connectivity index (χ0v) is 7.84. The van der Waals surface area contributed by atoms with Crippen molar-refractivity contribution in [3.8, 4) is 0 Å². The molecule has 0 aliphatic rings. The third kappa shape index (κ3) is 3.47. The summed E-state index contributed by atoms with van der Waals surface area (Å²) in [5.41, 5.74) is 0. The van der Waals surface area contributed by atoms with Crippen LogP contribution in [0.3, 0.4) is 0 Å². The Morgan fingerprint density at radius 2 is 2.08 bits per heavy atom. The molecule has 0 rings (SSSR count). The Morgan fingerprint density at radius 1 is 1.58 bits per heavy atom. The van der Waals surface area contributed by atoms with Gasteiger partial charge in [-0.15, -0.1) is 0 Å². The number of carbonyl (C=O) groups excluding carboxylic acids is 1. The Kier molecular flexibility index (Phi) is 4.50. The molecule has 0 aromatic carbocycles. The van der Waals surface area contributed by atoms with Crippen LogP contribution in [0, 0.1) is 0 Å². The molecule has 0 heterocycles. The van der Waals surface area contributed by atoms with Crippen molar-refractivity contribution in [2.45, 2.75) is 6.04 Å². The molecule has 6 heteroatoms. The molecular weight excluding hydrogens is 180 g/mol. The molecule has 0 fully saturated rings. The molecule has 0 radical (unpaired) electrons. The fraction of sp³-hybridized carbons (Fsp3) is 0.667. The molecule has 70 valence electrons. The monoisotopic (exact) mass is 192 g/mol. The van der Waals surface area contributed by atoms with E-state index in [1.54, 1.807) is 0 Å². The van der Waals surface area contributed by atoms with Gasteiger partial charge in [0, 0.05) is 19.8 Å². The summed E-state index contributed by atoms with van der Waals surface area (Å²) in [7, 11) is 3.07. The first-order valence-corrected chi connectivity index (χ1v) is 3.93. The lowest BCUT2D eigenvalue weighted by Crippen LogP contribution is -2.46. The highest BCUT2D eigenvalue weighted by Crippen LogP contribution is 1.89. The molecule has 0 saturated heterocycles. The number of hydrogen-bond donors (Lipinski definition) is 3. The number of nitrogens with one attached hydrogen (secondary N) is 1. The van der Waals surface area contributed by atoms with Crippen LogP contribution in [0.15, 0.2) is 0 Å². The maximum atomic E-state index is 10.9. The predicted octanol–water partition coefficient (Wildman–Crippen LogP) is -0.359. The van der Waals surface area contributed by atoms with Gasteiger partial charge in [-0.3, -0.25) is 0 Å². The van der Waals surface area contributed by atoms with Gasteiger partial charge in [-0.2, -0.15) is 12.6 Å². The first kappa shape index (κ1) is 11.1. The molecule has 2 amide bonds.